The maximum absolute atomic E-state index is 12.1. The average molecular weight is 334 g/mol. The lowest BCUT2D eigenvalue weighted by atomic mass is 10.2. The van der Waals surface area contributed by atoms with Crippen LogP contribution in [0.4, 0.5) is 4.79 Å². The zero-order valence-electron chi connectivity index (χ0n) is 13.3. The fourth-order valence-corrected chi connectivity index (χ4v) is 2.57. The molecule has 0 aliphatic heterocycles. The van der Waals surface area contributed by atoms with E-state index in [1.165, 1.54) is 11.3 Å². The molecule has 1 amide bonds. The third-order valence-electron chi connectivity index (χ3n) is 2.58. The van der Waals surface area contributed by atoms with Gasteiger partial charge in [0, 0.05) is 25.7 Å². The Kier molecular flexibility index (Phi) is 6.90. The molecular weight excluding hydrogens is 310 g/mol. The Labute approximate surface area is 135 Å². The van der Waals surface area contributed by atoms with Gasteiger partial charge in [-0.3, -0.25) is 0 Å². The third-order valence-corrected chi connectivity index (χ3v) is 3.70. The van der Waals surface area contributed by atoms with E-state index in [9.17, 15) is 4.79 Å². The largest absolute Gasteiger partial charge is 0.444 e. The number of rotatable bonds is 6. The Morgan fingerprint density at radius 1 is 1.52 bits per heavy atom. The second-order valence-corrected chi connectivity index (χ2v) is 7.75. The molecule has 0 aromatic carbocycles. The highest BCUT2D eigenvalue weighted by Crippen LogP contribution is 2.17. The molecule has 0 saturated heterocycles. The molecule has 1 heterocycles. The topological polar surface area (TPSA) is 54.5 Å². The standard InChI is InChI=1S/C14H24ClN3O2S/c1-10(2)18(13(19)20-14(3,4)5)7-6-16-9-12-17-8-11(15)21-12/h8,10,16H,6-7,9H2,1-5H3. The number of nitrogens with zero attached hydrogens (tertiary/aromatic N) is 2. The van der Waals surface area contributed by atoms with Crippen LogP contribution < -0.4 is 5.32 Å². The Balaban J connectivity index is 2.39. The van der Waals surface area contributed by atoms with Crippen LogP contribution in [0.5, 0.6) is 0 Å². The van der Waals surface area contributed by atoms with E-state index in [2.05, 4.69) is 10.3 Å². The van der Waals surface area contributed by atoms with Crippen molar-refractivity contribution in [1.29, 1.82) is 0 Å². The molecule has 0 aliphatic carbocycles. The summed E-state index contributed by atoms with van der Waals surface area (Å²) in [6.07, 6.45) is 1.36. The van der Waals surface area contributed by atoms with E-state index in [1.54, 1.807) is 11.1 Å². The number of hydrogen-bond acceptors (Lipinski definition) is 5. The molecule has 0 spiro atoms. The van der Waals surface area contributed by atoms with Gasteiger partial charge in [0.1, 0.15) is 14.9 Å². The van der Waals surface area contributed by atoms with Crippen molar-refractivity contribution >= 4 is 29.0 Å². The Morgan fingerprint density at radius 3 is 2.67 bits per heavy atom. The van der Waals surface area contributed by atoms with E-state index in [4.69, 9.17) is 16.3 Å². The van der Waals surface area contributed by atoms with Crippen LogP contribution in [0.1, 0.15) is 39.6 Å². The molecule has 120 valence electrons. The lowest BCUT2D eigenvalue weighted by molar-refractivity contribution is 0.0193. The summed E-state index contributed by atoms with van der Waals surface area (Å²) in [6, 6.07) is 0.0935. The summed E-state index contributed by atoms with van der Waals surface area (Å²) in [5, 5.41) is 4.20. The van der Waals surface area contributed by atoms with Crippen molar-refractivity contribution in [3.8, 4) is 0 Å². The lowest BCUT2D eigenvalue weighted by Crippen LogP contribution is -2.44. The van der Waals surface area contributed by atoms with Crippen LogP contribution in [0, 0.1) is 0 Å². The maximum atomic E-state index is 12.1. The fourth-order valence-electron chi connectivity index (χ4n) is 1.65. The normalized spacial score (nSPS) is 11.8. The molecule has 1 rings (SSSR count). The second-order valence-electron chi connectivity index (χ2n) is 6.00. The molecule has 21 heavy (non-hydrogen) atoms. The predicted molar refractivity (Wildman–Crippen MR) is 86.9 cm³/mol. The van der Waals surface area contributed by atoms with Crippen LogP contribution >= 0.6 is 22.9 Å². The van der Waals surface area contributed by atoms with Gasteiger partial charge >= 0.3 is 6.09 Å². The van der Waals surface area contributed by atoms with Crippen molar-refractivity contribution in [2.45, 2.75) is 52.8 Å². The summed E-state index contributed by atoms with van der Waals surface area (Å²) in [7, 11) is 0. The van der Waals surface area contributed by atoms with Crippen LogP contribution in [0.3, 0.4) is 0 Å². The average Bonchev–Trinajstić information content (AvgIpc) is 2.71. The molecule has 1 aromatic rings. The number of thiazole rings is 1. The SMILES string of the molecule is CC(C)N(CCNCc1ncc(Cl)s1)C(=O)OC(C)(C)C. The summed E-state index contributed by atoms with van der Waals surface area (Å²) in [4.78, 5) is 18.0. The first-order valence-electron chi connectivity index (χ1n) is 6.99. The first-order valence-corrected chi connectivity index (χ1v) is 8.19. The number of carbonyl (C=O) groups excluding carboxylic acids is 1. The monoisotopic (exact) mass is 333 g/mol. The molecule has 7 heteroatoms. The number of carbonyl (C=O) groups is 1. The van der Waals surface area contributed by atoms with Crippen molar-refractivity contribution in [3.63, 3.8) is 0 Å². The molecule has 0 aliphatic rings. The van der Waals surface area contributed by atoms with Crippen molar-refractivity contribution in [2.75, 3.05) is 13.1 Å². The van der Waals surface area contributed by atoms with Crippen molar-refractivity contribution in [2.24, 2.45) is 0 Å². The van der Waals surface area contributed by atoms with Crippen LogP contribution in [-0.4, -0.2) is 40.7 Å². The lowest BCUT2D eigenvalue weighted by Gasteiger charge is -2.30. The minimum absolute atomic E-state index is 0.0935. The van der Waals surface area contributed by atoms with Gasteiger partial charge in [-0.25, -0.2) is 9.78 Å². The molecule has 0 unspecified atom stereocenters. The number of ether oxygens (including phenoxy) is 1. The Bertz CT molecular complexity index is 457. The van der Waals surface area contributed by atoms with Crippen molar-refractivity contribution in [1.82, 2.24) is 15.2 Å². The summed E-state index contributed by atoms with van der Waals surface area (Å²) in [5.41, 5.74) is -0.477. The van der Waals surface area contributed by atoms with E-state index >= 15 is 0 Å². The van der Waals surface area contributed by atoms with Crippen LogP contribution in [0.2, 0.25) is 4.34 Å². The molecule has 0 atom stereocenters. The Hall–Kier alpha value is -0.850. The molecule has 0 fully saturated rings. The first-order chi connectivity index (χ1) is 9.69. The summed E-state index contributed by atoms with van der Waals surface area (Å²) >= 11 is 7.28. The predicted octanol–water partition coefficient (Wildman–Crippen LogP) is 3.53. The summed E-state index contributed by atoms with van der Waals surface area (Å²) < 4.78 is 6.10. The Morgan fingerprint density at radius 2 is 2.19 bits per heavy atom. The zero-order chi connectivity index (χ0) is 16.0. The molecule has 0 saturated carbocycles. The third kappa shape index (κ3) is 7.11. The minimum atomic E-state index is -0.477. The van der Waals surface area contributed by atoms with Crippen LogP contribution in [0.25, 0.3) is 0 Å². The number of aromatic nitrogens is 1. The van der Waals surface area contributed by atoms with Gasteiger partial charge in [0.25, 0.3) is 0 Å². The highest BCUT2D eigenvalue weighted by Gasteiger charge is 2.23. The molecule has 0 radical (unpaired) electrons. The molecule has 1 N–H and O–H groups in total. The smallest absolute Gasteiger partial charge is 0.410 e. The fraction of sp³-hybridized carbons (Fsp3) is 0.714. The van der Waals surface area contributed by atoms with E-state index in [0.29, 0.717) is 24.0 Å². The van der Waals surface area contributed by atoms with Gasteiger partial charge in [-0.1, -0.05) is 11.6 Å². The van der Waals surface area contributed by atoms with Gasteiger partial charge in [-0.2, -0.15) is 0 Å². The number of nitrogens with one attached hydrogen (secondary N) is 1. The number of halogens is 1. The molecule has 0 bridgehead atoms. The van der Waals surface area contributed by atoms with Crippen molar-refractivity contribution < 1.29 is 9.53 Å². The number of amides is 1. The minimum Gasteiger partial charge on any atom is -0.444 e. The van der Waals surface area contributed by atoms with Gasteiger partial charge in [-0.05, 0) is 34.6 Å². The van der Waals surface area contributed by atoms with Gasteiger partial charge < -0.3 is 15.0 Å². The highest BCUT2D eigenvalue weighted by atomic mass is 35.5. The van der Waals surface area contributed by atoms with Gasteiger partial charge in [-0.15, -0.1) is 11.3 Å². The maximum Gasteiger partial charge on any atom is 0.410 e. The first kappa shape index (κ1) is 18.2. The molecular formula is C14H24ClN3O2S. The van der Waals surface area contributed by atoms with E-state index in [1.807, 2.05) is 34.6 Å². The van der Waals surface area contributed by atoms with Crippen molar-refractivity contribution in [3.05, 3.63) is 15.5 Å². The second kappa shape index (κ2) is 7.96. The molecule has 5 nitrogen and oxygen atoms in total. The zero-order valence-corrected chi connectivity index (χ0v) is 14.8. The van der Waals surface area contributed by atoms with E-state index < -0.39 is 5.60 Å². The quantitative estimate of drug-likeness (QED) is 0.809. The van der Waals surface area contributed by atoms with Crippen LogP contribution in [0.15, 0.2) is 6.20 Å². The van der Waals surface area contributed by atoms with Gasteiger partial charge in [0.15, 0.2) is 0 Å². The highest BCUT2D eigenvalue weighted by molar-refractivity contribution is 7.15. The summed E-state index contributed by atoms with van der Waals surface area (Å²) in [5.74, 6) is 0. The summed E-state index contributed by atoms with van der Waals surface area (Å²) in [6.45, 7) is 11.5. The van der Waals surface area contributed by atoms with Gasteiger partial charge in [0.05, 0.1) is 6.20 Å². The van der Waals surface area contributed by atoms with E-state index in [0.717, 1.165) is 5.01 Å². The molecule has 1 aromatic heterocycles. The number of hydrogen-bond donors (Lipinski definition) is 1. The van der Waals surface area contributed by atoms with Crippen LogP contribution in [-0.2, 0) is 11.3 Å². The van der Waals surface area contributed by atoms with E-state index in [-0.39, 0.29) is 12.1 Å². The van der Waals surface area contributed by atoms with Gasteiger partial charge in [0.2, 0.25) is 0 Å².